The summed E-state index contributed by atoms with van der Waals surface area (Å²) in [5.74, 6) is 6.11. The molecular weight excluding hydrogens is 349 g/mol. The molecule has 0 atom stereocenters. The van der Waals surface area contributed by atoms with Crippen LogP contribution in [0, 0.1) is 17.7 Å². The summed E-state index contributed by atoms with van der Waals surface area (Å²) in [6.07, 6.45) is 1.15. The summed E-state index contributed by atoms with van der Waals surface area (Å²) in [5, 5.41) is 0.934. The number of hydrogen-bond acceptors (Lipinski definition) is 1. The summed E-state index contributed by atoms with van der Waals surface area (Å²) >= 11 is 0. The van der Waals surface area contributed by atoms with Crippen LogP contribution in [-0.2, 0) is 12.8 Å². The van der Waals surface area contributed by atoms with Crippen LogP contribution in [0.3, 0.4) is 0 Å². The highest BCUT2D eigenvalue weighted by atomic mass is 19.1. The van der Waals surface area contributed by atoms with Crippen LogP contribution in [0.5, 0.6) is 0 Å². The van der Waals surface area contributed by atoms with Gasteiger partial charge in [0.2, 0.25) is 0 Å². The van der Waals surface area contributed by atoms with Crippen LogP contribution in [0.2, 0.25) is 0 Å². The fraction of sp³-hybridized carbons (Fsp3) is 0.0800. The largest absolute Gasteiger partial charge is 0.322 e. The fourth-order valence-electron chi connectivity index (χ4n) is 3.13. The maximum absolute atomic E-state index is 13.1. The van der Waals surface area contributed by atoms with Gasteiger partial charge in [-0.05, 0) is 52.9 Å². The minimum absolute atomic E-state index is 0.125. The molecule has 0 fully saturated rings. The molecule has 1 heterocycles. The van der Waals surface area contributed by atoms with Crippen molar-refractivity contribution < 1.29 is 4.39 Å². The van der Waals surface area contributed by atoms with E-state index in [0.717, 1.165) is 22.0 Å². The fourth-order valence-corrected chi connectivity index (χ4v) is 3.13. The molecule has 1 aromatic heterocycles. The van der Waals surface area contributed by atoms with Crippen LogP contribution < -0.4 is 5.56 Å². The molecule has 0 spiro atoms. The smallest absolute Gasteiger partial charge is 0.251 e. The van der Waals surface area contributed by atoms with E-state index >= 15 is 0 Å². The monoisotopic (exact) mass is 367 g/mol. The normalized spacial score (nSPS) is 10.5. The van der Waals surface area contributed by atoms with Crippen LogP contribution in [-0.4, -0.2) is 4.98 Å². The lowest BCUT2D eigenvalue weighted by atomic mass is 10.0. The molecule has 0 amide bonds. The summed E-state index contributed by atoms with van der Waals surface area (Å²) in [4.78, 5) is 15.3. The Morgan fingerprint density at radius 1 is 0.857 bits per heavy atom. The van der Waals surface area contributed by atoms with Crippen molar-refractivity contribution in [3.05, 3.63) is 117 Å². The molecule has 28 heavy (non-hydrogen) atoms. The highest BCUT2D eigenvalue weighted by Crippen LogP contribution is 2.16. The maximum Gasteiger partial charge on any atom is 0.251 e. The van der Waals surface area contributed by atoms with E-state index in [0.29, 0.717) is 18.4 Å². The van der Waals surface area contributed by atoms with Crippen molar-refractivity contribution in [3.8, 4) is 11.8 Å². The van der Waals surface area contributed by atoms with Crippen molar-refractivity contribution in [2.75, 3.05) is 0 Å². The van der Waals surface area contributed by atoms with E-state index in [4.69, 9.17) is 0 Å². The lowest BCUT2D eigenvalue weighted by Gasteiger charge is -2.05. The number of fused-ring (bicyclic) bond motifs is 1. The number of pyridine rings is 1. The first-order valence-corrected chi connectivity index (χ1v) is 9.10. The Morgan fingerprint density at radius 2 is 1.64 bits per heavy atom. The van der Waals surface area contributed by atoms with Crippen LogP contribution in [0.15, 0.2) is 83.7 Å². The molecule has 0 aliphatic rings. The number of rotatable bonds is 3. The third-order valence-corrected chi connectivity index (χ3v) is 4.60. The third-order valence-electron chi connectivity index (χ3n) is 4.60. The average Bonchev–Trinajstić information content (AvgIpc) is 2.71. The van der Waals surface area contributed by atoms with E-state index < -0.39 is 0 Å². The molecule has 2 nitrogen and oxygen atoms in total. The summed E-state index contributed by atoms with van der Waals surface area (Å²) in [7, 11) is 0. The Morgan fingerprint density at radius 3 is 2.43 bits per heavy atom. The Bertz CT molecular complexity index is 1230. The Labute approximate surface area is 162 Å². The first-order valence-electron chi connectivity index (χ1n) is 9.10. The second-order valence-electron chi connectivity index (χ2n) is 6.69. The standard InChI is InChI=1S/C25H18FNO/c26-23-12-9-20(10-13-23)16-22-17-21-15-19(11-14-24(21)27-25(22)28)8-4-7-18-5-2-1-3-6-18/h1-3,5-6,9-15,17H,7,16H2,(H,27,28). The van der Waals surface area contributed by atoms with E-state index in [2.05, 4.69) is 29.0 Å². The average molecular weight is 367 g/mol. The van der Waals surface area contributed by atoms with Crippen molar-refractivity contribution in [2.24, 2.45) is 0 Å². The zero-order valence-electron chi connectivity index (χ0n) is 15.2. The van der Waals surface area contributed by atoms with Crippen molar-refractivity contribution >= 4 is 10.9 Å². The van der Waals surface area contributed by atoms with Gasteiger partial charge < -0.3 is 4.98 Å². The van der Waals surface area contributed by atoms with E-state index in [1.807, 2.05) is 42.5 Å². The lowest BCUT2D eigenvalue weighted by molar-refractivity contribution is 0.627. The second-order valence-corrected chi connectivity index (χ2v) is 6.69. The topological polar surface area (TPSA) is 32.9 Å². The quantitative estimate of drug-likeness (QED) is 0.516. The lowest BCUT2D eigenvalue weighted by Crippen LogP contribution is -2.12. The molecule has 0 aliphatic carbocycles. The predicted molar refractivity (Wildman–Crippen MR) is 111 cm³/mol. The second kappa shape index (κ2) is 7.94. The van der Waals surface area contributed by atoms with Crippen LogP contribution in [0.1, 0.15) is 22.3 Å². The summed E-state index contributed by atoms with van der Waals surface area (Å²) < 4.78 is 13.1. The SMILES string of the molecule is O=c1[nH]c2ccc(C#CCc3ccccc3)cc2cc1Cc1ccc(F)cc1. The number of halogens is 1. The van der Waals surface area contributed by atoms with Gasteiger partial charge in [-0.2, -0.15) is 0 Å². The number of hydrogen-bond donors (Lipinski definition) is 1. The van der Waals surface area contributed by atoms with Gasteiger partial charge in [-0.15, -0.1) is 0 Å². The van der Waals surface area contributed by atoms with Gasteiger partial charge in [-0.25, -0.2) is 4.39 Å². The zero-order chi connectivity index (χ0) is 19.3. The number of nitrogens with one attached hydrogen (secondary N) is 1. The van der Waals surface area contributed by atoms with Crippen molar-refractivity contribution in [1.82, 2.24) is 4.98 Å². The van der Waals surface area contributed by atoms with Gasteiger partial charge in [-0.1, -0.05) is 54.3 Å². The summed E-state index contributed by atoms with van der Waals surface area (Å²) in [5.41, 5.74) is 4.28. The van der Waals surface area contributed by atoms with Gasteiger partial charge in [0.1, 0.15) is 5.82 Å². The molecule has 0 saturated carbocycles. The molecule has 0 bridgehead atoms. The maximum atomic E-state index is 13.1. The Kier molecular flexibility index (Phi) is 5.03. The first-order chi connectivity index (χ1) is 13.7. The number of aromatic amines is 1. The molecule has 0 aliphatic heterocycles. The Balaban J connectivity index is 1.60. The molecule has 0 unspecified atom stereocenters. The summed E-state index contributed by atoms with van der Waals surface area (Å²) in [6.45, 7) is 0. The van der Waals surface area contributed by atoms with Gasteiger partial charge in [0.15, 0.2) is 0 Å². The van der Waals surface area contributed by atoms with Gasteiger partial charge in [-0.3, -0.25) is 4.79 Å². The number of benzene rings is 3. The third kappa shape index (κ3) is 4.19. The molecular formula is C25H18FNO. The molecule has 4 aromatic rings. The van der Waals surface area contributed by atoms with Gasteiger partial charge in [0.05, 0.1) is 0 Å². The van der Waals surface area contributed by atoms with Gasteiger partial charge in [0, 0.05) is 29.5 Å². The predicted octanol–water partition coefficient (Wildman–Crippen LogP) is 4.85. The van der Waals surface area contributed by atoms with Crippen LogP contribution in [0.4, 0.5) is 4.39 Å². The van der Waals surface area contributed by atoms with Gasteiger partial charge in [0.25, 0.3) is 5.56 Å². The molecule has 3 aromatic carbocycles. The minimum atomic E-state index is -0.283. The van der Waals surface area contributed by atoms with E-state index in [1.165, 1.54) is 17.7 Å². The molecule has 0 saturated heterocycles. The van der Waals surface area contributed by atoms with Crippen molar-refractivity contribution in [1.29, 1.82) is 0 Å². The molecule has 136 valence electrons. The van der Waals surface area contributed by atoms with E-state index in [-0.39, 0.29) is 11.4 Å². The van der Waals surface area contributed by atoms with E-state index in [1.54, 1.807) is 12.1 Å². The highest BCUT2D eigenvalue weighted by molar-refractivity contribution is 5.80. The number of aromatic nitrogens is 1. The van der Waals surface area contributed by atoms with Crippen molar-refractivity contribution in [2.45, 2.75) is 12.8 Å². The molecule has 0 radical (unpaired) electrons. The summed E-state index contributed by atoms with van der Waals surface area (Å²) in [6, 6.07) is 24.0. The molecule has 4 rings (SSSR count). The van der Waals surface area contributed by atoms with Crippen LogP contribution >= 0.6 is 0 Å². The van der Waals surface area contributed by atoms with Crippen LogP contribution in [0.25, 0.3) is 10.9 Å². The number of H-pyrrole nitrogens is 1. The Hall–Kier alpha value is -3.64. The zero-order valence-corrected chi connectivity index (χ0v) is 15.2. The molecule has 1 N–H and O–H groups in total. The van der Waals surface area contributed by atoms with Crippen molar-refractivity contribution in [3.63, 3.8) is 0 Å². The van der Waals surface area contributed by atoms with E-state index in [9.17, 15) is 9.18 Å². The molecule has 3 heteroatoms. The highest BCUT2D eigenvalue weighted by Gasteiger charge is 2.05. The first kappa shape index (κ1) is 17.8. The minimum Gasteiger partial charge on any atom is -0.322 e. The van der Waals surface area contributed by atoms with Gasteiger partial charge >= 0.3 is 0 Å².